The van der Waals surface area contributed by atoms with Crippen molar-refractivity contribution in [2.24, 2.45) is 0 Å². The molecule has 0 saturated carbocycles. The van der Waals surface area contributed by atoms with Gasteiger partial charge < -0.3 is 8.83 Å². The molecule has 0 aliphatic heterocycles. The second kappa shape index (κ2) is 13.4. The van der Waals surface area contributed by atoms with Crippen molar-refractivity contribution < 1.29 is 8.83 Å². The Labute approximate surface area is 353 Å². The van der Waals surface area contributed by atoms with Crippen molar-refractivity contribution >= 4 is 81.5 Å². The molecule has 1 aliphatic carbocycles. The van der Waals surface area contributed by atoms with E-state index in [9.17, 15) is 0 Å². The minimum absolute atomic E-state index is 0.607. The number of fused-ring (bicyclic) bond motifs is 10. The Bertz CT molecular complexity index is 3790. The second-order valence-electron chi connectivity index (χ2n) is 15.7. The lowest BCUT2D eigenvalue weighted by Gasteiger charge is -2.16. The zero-order valence-corrected chi connectivity index (χ0v) is 33.5. The fourth-order valence-corrected chi connectivity index (χ4v) is 10.7. The number of aromatic nitrogens is 3. The monoisotopic (exact) mass is 799 g/mol. The van der Waals surface area contributed by atoms with Crippen molar-refractivity contribution in [1.82, 2.24) is 15.0 Å². The third kappa shape index (κ3) is 5.36. The van der Waals surface area contributed by atoms with Crippen molar-refractivity contribution in [1.29, 1.82) is 0 Å². The molecule has 61 heavy (non-hydrogen) atoms. The van der Waals surface area contributed by atoms with Gasteiger partial charge in [-0.3, -0.25) is 0 Å². The smallest absolute Gasteiger partial charge is 0.164 e. The van der Waals surface area contributed by atoms with E-state index in [0.29, 0.717) is 17.5 Å². The Morgan fingerprint density at radius 1 is 0.443 bits per heavy atom. The highest BCUT2D eigenvalue weighted by Crippen LogP contribution is 2.45. The first-order chi connectivity index (χ1) is 30.2. The first-order valence-electron chi connectivity index (χ1n) is 20.6. The van der Waals surface area contributed by atoms with Crippen LogP contribution in [-0.4, -0.2) is 15.0 Å². The zero-order valence-electron chi connectivity index (χ0n) is 32.7. The van der Waals surface area contributed by atoms with E-state index < -0.39 is 0 Å². The van der Waals surface area contributed by atoms with E-state index in [2.05, 4.69) is 146 Å². The molecule has 13 rings (SSSR count). The van der Waals surface area contributed by atoms with E-state index in [-0.39, 0.29) is 0 Å². The van der Waals surface area contributed by atoms with Crippen LogP contribution >= 0.6 is 11.3 Å². The molecular weight excluding hydrogens is 767 g/mol. The van der Waals surface area contributed by atoms with E-state index >= 15 is 0 Å². The van der Waals surface area contributed by atoms with Crippen LogP contribution in [0, 0.1) is 0 Å². The molecule has 0 atom stereocenters. The van der Waals surface area contributed by atoms with Crippen LogP contribution in [0.25, 0.3) is 127 Å². The number of hydrogen-bond acceptors (Lipinski definition) is 6. The quantitative estimate of drug-likeness (QED) is 0.173. The Hall–Kier alpha value is -7.67. The Morgan fingerprint density at radius 2 is 1.07 bits per heavy atom. The van der Waals surface area contributed by atoms with Crippen molar-refractivity contribution in [3.05, 3.63) is 181 Å². The van der Waals surface area contributed by atoms with Gasteiger partial charge in [-0.1, -0.05) is 146 Å². The molecule has 0 bridgehead atoms. The van der Waals surface area contributed by atoms with Gasteiger partial charge in [-0.15, -0.1) is 11.3 Å². The number of para-hydroxylation sites is 2. The number of rotatable bonds is 5. The van der Waals surface area contributed by atoms with Gasteiger partial charge in [-0.2, -0.15) is 0 Å². The summed E-state index contributed by atoms with van der Waals surface area (Å²) in [4.78, 5) is 15.8. The molecule has 0 saturated heterocycles. The largest absolute Gasteiger partial charge is 0.456 e. The highest BCUT2D eigenvalue weighted by Gasteiger charge is 2.22. The predicted molar refractivity (Wildman–Crippen MR) is 252 cm³/mol. The lowest BCUT2D eigenvalue weighted by Crippen LogP contribution is -2.04. The van der Waals surface area contributed by atoms with E-state index in [1.807, 2.05) is 41.7 Å². The van der Waals surface area contributed by atoms with Gasteiger partial charge in [0.15, 0.2) is 17.5 Å². The molecule has 0 unspecified atom stereocenters. The maximum atomic E-state index is 6.83. The minimum Gasteiger partial charge on any atom is -0.456 e. The molecule has 4 aromatic heterocycles. The summed E-state index contributed by atoms with van der Waals surface area (Å²) in [7, 11) is 0. The summed E-state index contributed by atoms with van der Waals surface area (Å²) < 4.78 is 15.7. The molecule has 0 N–H and O–H groups in total. The van der Waals surface area contributed by atoms with Crippen molar-refractivity contribution in [2.75, 3.05) is 0 Å². The molecule has 1 aliphatic rings. The number of benzene rings is 8. The van der Waals surface area contributed by atoms with Crippen LogP contribution in [0.2, 0.25) is 0 Å². The summed E-state index contributed by atoms with van der Waals surface area (Å²) in [5.41, 5.74) is 13.1. The SMILES string of the molecule is C1=Cc2cccc(-c3nc(-c4cccc(-c5cccc6oc7c(-c8cccc9c8sc8ccccc89)cccc7c56)c4)nc(-c4cccc5oc6ccccc6c45)n3)c2CC1. The molecule has 0 radical (unpaired) electrons. The van der Waals surface area contributed by atoms with Crippen LogP contribution in [-0.2, 0) is 6.42 Å². The van der Waals surface area contributed by atoms with Gasteiger partial charge in [0.1, 0.15) is 22.3 Å². The highest BCUT2D eigenvalue weighted by atomic mass is 32.1. The maximum absolute atomic E-state index is 6.83. The van der Waals surface area contributed by atoms with Crippen LogP contribution < -0.4 is 0 Å². The average Bonchev–Trinajstić information content (AvgIpc) is 4.03. The molecular formula is C55H33N3O2S. The van der Waals surface area contributed by atoms with Gasteiger partial charge in [0.25, 0.3) is 0 Å². The van der Waals surface area contributed by atoms with Crippen LogP contribution in [0.15, 0.2) is 179 Å². The fraction of sp³-hybridized carbons (Fsp3) is 0.0364. The summed E-state index contributed by atoms with van der Waals surface area (Å²) in [6.07, 6.45) is 6.36. The van der Waals surface area contributed by atoms with E-state index in [4.69, 9.17) is 23.8 Å². The number of nitrogens with zero attached hydrogens (tertiary/aromatic N) is 3. The highest BCUT2D eigenvalue weighted by molar-refractivity contribution is 7.26. The van der Waals surface area contributed by atoms with Crippen molar-refractivity contribution in [3.8, 4) is 56.4 Å². The summed E-state index contributed by atoms with van der Waals surface area (Å²) >= 11 is 1.84. The number of furan rings is 2. The first kappa shape index (κ1) is 34.2. The van der Waals surface area contributed by atoms with Crippen molar-refractivity contribution in [2.45, 2.75) is 12.8 Å². The van der Waals surface area contributed by atoms with E-state index in [1.54, 1.807) is 0 Å². The van der Waals surface area contributed by atoms with Gasteiger partial charge in [0.2, 0.25) is 0 Å². The number of thiophene rings is 1. The zero-order chi connectivity index (χ0) is 40.0. The molecule has 5 nitrogen and oxygen atoms in total. The standard InChI is InChI=1S/C55H33N3O2S/c1-2-17-35-32(13-1)14-8-24-41(35)54-56-53(57-55(58-54)44-26-12-28-46-50(44)42-19-3-5-27-45(42)59-46)34-16-7-15-33(31-34)36-20-11-29-47-49(36)43-25-9-21-38(51(43)60-47)40-23-10-22-39-37-18-4-6-30-48(37)61-52(39)40/h1,3-16,18-31H,2,17H2. The lowest BCUT2D eigenvalue weighted by atomic mass is 9.92. The van der Waals surface area contributed by atoms with Crippen LogP contribution in [0.4, 0.5) is 0 Å². The summed E-state index contributed by atoms with van der Waals surface area (Å²) in [5, 5.41) is 6.75. The normalized spacial score (nSPS) is 12.7. The van der Waals surface area contributed by atoms with Gasteiger partial charge in [-0.25, -0.2) is 15.0 Å². The number of allylic oxidation sites excluding steroid dienone is 1. The summed E-state index contributed by atoms with van der Waals surface area (Å²) in [6, 6.07) is 57.4. The van der Waals surface area contributed by atoms with Crippen LogP contribution in [0.5, 0.6) is 0 Å². The summed E-state index contributed by atoms with van der Waals surface area (Å²) in [6.45, 7) is 0. The van der Waals surface area contributed by atoms with Crippen LogP contribution in [0.3, 0.4) is 0 Å². The molecule has 286 valence electrons. The minimum atomic E-state index is 0.607. The van der Waals surface area contributed by atoms with Crippen LogP contribution in [0.1, 0.15) is 17.5 Å². The first-order valence-corrected chi connectivity index (χ1v) is 21.5. The third-order valence-corrected chi connectivity index (χ3v) is 13.5. The van der Waals surface area contributed by atoms with Crippen molar-refractivity contribution in [3.63, 3.8) is 0 Å². The molecule has 0 fully saturated rings. The molecule has 6 heteroatoms. The summed E-state index contributed by atoms with van der Waals surface area (Å²) in [5.74, 6) is 1.88. The lowest BCUT2D eigenvalue weighted by molar-refractivity contribution is 0.669. The topological polar surface area (TPSA) is 65.0 Å². The van der Waals surface area contributed by atoms with E-state index in [0.717, 1.165) is 90.1 Å². The Kier molecular flexibility index (Phi) is 7.53. The Balaban J connectivity index is 0.995. The van der Waals surface area contributed by atoms with Gasteiger partial charge in [-0.05, 0) is 65.4 Å². The van der Waals surface area contributed by atoms with E-state index in [1.165, 1.54) is 36.9 Å². The predicted octanol–water partition coefficient (Wildman–Crippen LogP) is 15.3. The molecule has 0 spiro atoms. The Morgan fingerprint density at radius 3 is 1.98 bits per heavy atom. The molecule has 12 aromatic rings. The third-order valence-electron chi connectivity index (χ3n) is 12.2. The molecule has 0 amide bonds. The van der Waals surface area contributed by atoms with Gasteiger partial charge in [0, 0.05) is 69.5 Å². The maximum Gasteiger partial charge on any atom is 0.164 e. The fourth-order valence-electron chi connectivity index (χ4n) is 9.48. The number of hydrogen-bond donors (Lipinski definition) is 0. The molecule has 8 aromatic carbocycles. The second-order valence-corrected chi connectivity index (χ2v) is 16.8. The molecule has 4 heterocycles. The average molecular weight is 800 g/mol. The van der Waals surface area contributed by atoms with Gasteiger partial charge in [0.05, 0.1) is 0 Å². The van der Waals surface area contributed by atoms with Gasteiger partial charge >= 0.3 is 0 Å².